The molecule has 4 heterocycles. The minimum Gasteiger partial charge on any atom is -0.478 e. The van der Waals surface area contributed by atoms with E-state index in [2.05, 4.69) is 15.6 Å². The number of halogens is 3. The molecule has 1 saturated carbocycles. The number of nitrogens with zero attached hydrogens (tertiary/aromatic N) is 3. The zero-order valence-electron chi connectivity index (χ0n) is 24.8. The van der Waals surface area contributed by atoms with Gasteiger partial charge >= 0.3 is 0 Å². The average molecular weight is 642 g/mol. The summed E-state index contributed by atoms with van der Waals surface area (Å²) in [7, 11) is 0. The van der Waals surface area contributed by atoms with Gasteiger partial charge in [0.1, 0.15) is 11.4 Å². The molecule has 3 aromatic rings. The van der Waals surface area contributed by atoms with Crippen LogP contribution in [-0.4, -0.2) is 71.1 Å². The second-order valence-electron chi connectivity index (χ2n) is 11.6. The molecule has 6 rings (SSSR count). The lowest BCUT2D eigenvalue weighted by Crippen LogP contribution is -2.58. The molecule has 1 atom stereocenters. The van der Waals surface area contributed by atoms with E-state index in [1.54, 1.807) is 42.0 Å². The van der Waals surface area contributed by atoms with E-state index < -0.39 is 36.4 Å². The number of rotatable bonds is 11. The van der Waals surface area contributed by atoms with Crippen LogP contribution in [0.15, 0.2) is 47.4 Å². The lowest BCUT2D eigenvalue weighted by Gasteiger charge is -2.39. The van der Waals surface area contributed by atoms with Crippen LogP contribution in [0.3, 0.4) is 0 Å². The van der Waals surface area contributed by atoms with Crippen molar-refractivity contribution in [1.82, 2.24) is 19.8 Å². The highest BCUT2D eigenvalue weighted by atomic mass is 35.5. The number of benzene rings is 1. The van der Waals surface area contributed by atoms with E-state index in [1.165, 1.54) is 12.1 Å². The van der Waals surface area contributed by atoms with Crippen LogP contribution in [0.5, 0.6) is 5.88 Å². The third-order valence-electron chi connectivity index (χ3n) is 8.00. The van der Waals surface area contributed by atoms with Gasteiger partial charge in [0.25, 0.3) is 23.3 Å². The minimum absolute atomic E-state index is 0.0236. The number of pyridine rings is 2. The number of likely N-dealkylation sites (tertiary alicyclic amines) is 1. The van der Waals surface area contributed by atoms with E-state index in [-0.39, 0.29) is 46.6 Å². The molecule has 0 radical (unpaired) electrons. The van der Waals surface area contributed by atoms with Crippen molar-refractivity contribution in [2.24, 2.45) is 0 Å². The van der Waals surface area contributed by atoms with Gasteiger partial charge in [0, 0.05) is 48.6 Å². The van der Waals surface area contributed by atoms with E-state index in [0.29, 0.717) is 24.2 Å². The quantitative estimate of drug-likeness (QED) is 0.306. The molecule has 2 saturated heterocycles. The first-order valence-electron chi connectivity index (χ1n) is 15.1. The Morgan fingerprint density at radius 1 is 1.13 bits per heavy atom. The molecule has 45 heavy (non-hydrogen) atoms. The zero-order valence-corrected chi connectivity index (χ0v) is 25.5. The number of nitrogens with one attached hydrogen (secondary N) is 2. The summed E-state index contributed by atoms with van der Waals surface area (Å²) in [6, 6.07) is 9.38. The molecule has 0 bridgehead atoms. The van der Waals surface area contributed by atoms with Gasteiger partial charge in [-0.2, -0.15) is 4.98 Å². The number of amides is 2. The molecular formula is C32H34ClF2N5O5. The van der Waals surface area contributed by atoms with E-state index in [9.17, 15) is 23.2 Å². The Morgan fingerprint density at radius 2 is 1.93 bits per heavy atom. The van der Waals surface area contributed by atoms with Gasteiger partial charge < -0.3 is 29.6 Å². The minimum atomic E-state index is -2.93. The molecule has 1 unspecified atom stereocenters. The Hall–Kier alpha value is -3.87. The Labute approximate surface area is 263 Å². The van der Waals surface area contributed by atoms with Crippen molar-refractivity contribution in [3.05, 3.63) is 74.7 Å². The van der Waals surface area contributed by atoms with E-state index in [0.717, 1.165) is 42.8 Å². The third kappa shape index (κ3) is 7.18. The Kier molecular flexibility index (Phi) is 8.89. The normalized spacial score (nSPS) is 18.8. The van der Waals surface area contributed by atoms with Gasteiger partial charge in [-0.15, -0.1) is 0 Å². The predicted molar refractivity (Wildman–Crippen MR) is 164 cm³/mol. The van der Waals surface area contributed by atoms with Crippen LogP contribution in [0, 0.1) is 0 Å². The summed E-state index contributed by atoms with van der Waals surface area (Å²) in [5.74, 6) is -3.91. The summed E-state index contributed by atoms with van der Waals surface area (Å²) < 4.78 is 40.1. The Bertz CT molecular complexity index is 1660. The number of alkyl halides is 2. The average Bonchev–Trinajstić information content (AvgIpc) is 3.70. The number of aromatic nitrogens is 2. The van der Waals surface area contributed by atoms with Crippen molar-refractivity contribution in [3.8, 4) is 17.0 Å². The third-order valence-corrected chi connectivity index (χ3v) is 8.23. The van der Waals surface area contributed by atoms with Crippen LogP contribution < -0.4 is 20.9 Å². The van der Waals surface area contributed by atoms with Gasteiger partial charge in [-0.3, -0.25) is 14.4 Å². The smallest absolute Gasteiger partial charge is 0.282 e. The van der Waals surface area contributed by atoms with Crippen LogP contribution in [0.2, 0.25) is 5.02 Å². The fraction of sp³-hybridized carbons (Fsp3) is 0.438. The first-order chi connectivity index (χ1) is 21.6. The van der Waals surface area contributed by atoms with Crippen LogP contribution in [0.25, 0.3) is 11.1 Å². The number of hydrogen-bond acceptors (Lipinski definition) is 7. The first kappa shape index (κ1) is 31.1. The highest BCUT2D eigenvalue weighted by molar-refractivity contribution is 6.31. The standard InChI is InChI=1S/C32H34ClF2N5O5/c1-2-44-28-12-20(24-8-5-21(33)13-25(24)30(42)39-17-32(34,35)18-39)11-27(37-28)38-29(41)26-10-19(14-36-15-23-4-3-9-45-23)16-40(31(26)43)22-6-7-22/h5,8,10-13,16,22-23,36H,2-4,6-7,9,14-15,17-18H2,1H3,(H,37,38,41). The highest BCUT2D eigenvalue weighted by Crippen LogP contribution is 2.35. The van der Waals surface area contributed by atoms with Gasteiger partial charge in [0.05, 0.1) is 25.8 Å². The van der Waals surface area contributed by atoms with Crippen molar-refractivity contribution in [2.75, 3.05) is 38.2 Å². The van der Waals surface area contributed by atoms with Gasteiger partial charge in [-0.05, 0) is 73.6 Å². The lowest BCUT2D eigenvalue weighted by molar-refractivity contribution is -0.113. The molecule has 3 fully saturated rings. The number of carbonyl (C=O) groups is 2. The molecule has 2 N–H and O–H groups in total. The van der Waals surface area contributed by atoms with Gasteiger partial charge in [-0.1, -0.05) is 17.7 Å². The van der Waals surface area contributed by atoms with Gasteiger partial charge in [0.2, 0.25) is 5.88 Å². The molecule has 1 aromatic carbocycles. The number of carbonyl (C=O) groups excluding carboxylic acids is 2. The molecule has 13 heteroatoms. The molecule has 0 spiro atoms. The maximum Gasteiger partial charge on any atom is 0.282 e. The largest absolute Gasteiger partial charge is 0.478 e. The van der Waals surface area contributed by atoms with Crippen LogP contribution in [0.1, 0.15) is 64.9 Å². The summed E-state index contributed by atoms with van der Waals surface area (Å²) in [4.78, 5) is 45.6. The monoisotopic (exact) mass is 641 g/mol. The molecule has 10 nitrogen and oxygen atoms in total. The van der Waals surface area contributed by atoms with Crippen molar-refractivity contribution in [2.45, 2.75) is 57.2 Å². The number of anilines is 1. The molecule has 2 amide bonds. The van der Waals surface area contributed by atoms with Crippen LogP contribution >= 0.6 is 11.6 Å². The predicted octanol–water partition coefficient (Wildman–Crippen LogP) is 4.91. The molecule has 2 aromatic heterocycles. The summed E-state index contributed by atoms with van der Waals surface area (Å²) in [6.07, 6.45) is 5.73. The fourth-order valence-electron chi connectivity index (χ4n) is 5.63. The zero-order chi connectivity index (χ0) is 31.7. The molecule has 3 aliphatic rings. The van der Waals surface area contributed by atoms with Crippen molar-refractivity contribution < 1.29 is 27.8 Å². The highest BCUT2D eigenvalue weighted by Gasteiger charge is 2.46. The summed E-state index contributed by atoms with van der Waals surface area (Å²) in [5, 5.41) is 6.37. The topological polar surface area (TPSA) is 115 Å². The van der Waals surface area contributed by atoms with Crippen molar-refractivity contribution >= 4 is 29.2 Å². The maximum atomic E-state index is 13.6. The van der Waals surface area contributed by atoms with E-state index in [1.807, 2.05) is 0 Å². The Balaban J connectivity index is 1.28. The van der Waals surface area contributed by atoms with E-state index >= 15 is 0 Å². The molecule has 2 aliphatic heterocycles. The van der Waals surface area contributed by atoms with E-state index in [4.69, 9.17) is 21.1 Å². The molecule has 1 aliphatic carbocycles. The molecule has 238 valence electrons. The Morgan fingerprint density at radius 3 is 2.62 bits per heavy atom. The summed E-state index contributed by atoms with van der Waals surface area (Å²) >= 11 is 6.20. The second kappa shape index (κ2) is 12.9. The lowest BCUT2D eigenvalue weighted by atomic mass is 9.97. The van der Waals surface area contributed by atoms with Crippen molar-refractivity contribution in [1.29, 1.82) is 0 Å². The fourth-order valence-corrected chi connectivity index (χ4v) is 5.80. The number of ether oxygens (including phenoxy) is 2. The summed E-state index contributed by atoms with van der Waals surface area (Å²) in [6.45, 7) is 2.58. The van der Waals surface area contributed by atoms with Crippen LogP contribution in [-0.2, 0) is 11.3 Å². The SMILES string of the molecule is CCOc1cc(-c2ccc(Cl)cc2C(=O)N2CC(F)(F)C2)cc(NC(=O)c2cc(CNCC3CCCO3)cn(C3CC3)c2=O)n1. The maximum absolute atomic E-state index is 13.6. The molecular weight excluding hydrogens is 608 g/mol. The number of hydrogen-bond donors (Lipinski definition) is 2. The van der Waals surface area contributed by atoms with Gasteiger partial charge in [-0.25, -0.2) is 8.78 Å². The van der Waals surface area contributed by atoms with Crippen molar-refractivity contribution in [3.63, 3.8) is 0 Å². The summed E-state index contributed by atoms with van der Waals surface area (Å²) in [5.41, 5.74) is 1.34. The van der Waals surface area contributed by atoms with Crippen LogP contribution in [0.4, 0.5) is 14.6 Å². The van der Waals surface area contributed by atoms with Gasteiger partial charge in [0.15, 0.2) is 0 Å². The first-order valence-corrected chi connectivity index (χ1v) is 15.5. The second-order valence-corrected chi connectivity index (χ2v) is 12.1.